The summed E-state index contributed by atoms with van der Waals surface area (Å²) < 4.78 is 18.1. The maximum absolute atomic E-state index is 13.2. The van der Waals surface area contributed by atoms with Crippen LogP contribution in [-0.4, -0.2) is 19.7 Å². The van der Waals surface area contributed by atoms with Gasteiger partial charge in [0, 0.05) is 6.54 Å². The number of rotatable bonds is 5. The van der Waals surface area contributed by atoms with Crippen molar-refractivity contribution >= 4 is 6.03 Å². The molecular weight excluding hydrogens is 235 g/mol. The molecule has 0 aliphatic heterocycles. The zero-order valence-electron chi connectivity index (χ0n) is 10.9. The number of hydrogen-bond acceptors (Lipinski definition) is 2. The fourth-order valence-corrected chi connectivity index (χ4v) is 1.52. The predicted molar refractivity (Wildman–Crippen MR) is 68.2 cm³/mol. The Kier molecular flexibility index (Phi) is 5.42. The molecule has 18 heavy (non-hydrogen) atoms. The van der Waals surface area contributed by atoms with Crippen LogP contribution in [0.5, 0.6) is 5.75 Å². The van der Waals surface area contributed by atoms with Crippen molar-refractivity contribution in [2.24, 2.45) is 0 Å². The van der Waals surface area contributed by atoms with E-state index >= 15 is 0 Å². The number of methoxy groups -OCH3 is 1. The quantitative estimate of drug-likeness (QED) is 0.848. The van der Waals surface area contributed by atoms with E-state index in [2.05, 4.69) is 10.6 Å². The molecule has 4 nitrogen and oxygen atoms in total. The van der Waals surface area contributed by atoms with Crippen LogP contribution in [-0.2, 0) is 0 Å². The first-order valence-corrected chi connectivity index (χ1v) is 5.96. The van der Waals surface area contributed by atoms with Crippen molar-refractivity contribution < 1.29 is 13.9 Å². The first-order chi connectivity index (χ1) is 8.58. The summed E-state index contributed by atoms with van der Waals surface area (Å²) in [6.45, 7) is 4.44. The van der Waals surface area contributed by atoms with Gasteiger partial charge in [-0.05, 0) is 31.0 Å². The first kappa shape index (κ1) is 14.3. The fourth-order valence-electron chi connectivity index (χ4n) is 1.52. The summed E-state index contributed by atoms with van der Waals surface area (Å²) in [6, 6.07) is 4.10. The van der Waals surface area contributed by atoms with Crippen molar-refractivity contribution in [1.29, 1.82) is 0 Å². The average molecular weight is 254 g/mol. The van der Waals surface area contributed by atoms with E-state index in [0.717, 1.165) is 12.0 Å². The van der Waals surface area contributed by atoms with Crippen LogP contribution in [0.1, 0.15) is 31.9 Å². The second-order valence-electron chi connectivity index (χ2n) is 4.02. The molecule has 0 unspecified atom stereocenters. The Morgan fingerprint density at radius 3 is 2.83 bits per heavy atom. The van der Waals surface area contributed by atoms with E-state index < -0.39 is 5.82 Å². The van der Waals surface area contributed by atoms with Crippen molar-refractivity contribution in [3.63, 3.8) is 0 Å². The molecule has 2 amide bonds. The third-order valence-corrected chi connectivity index (χ3v) is 2.56. The Morgan fingerprint density at radius 1 is 1.50 bits per heavy atom. The van der Waals surface area contributed by atoms with Gasteiger partial charge in [-0.2, -0.15) is 0 Å². The maximum atomic E-state index is 13.2. The topological polar surface area (TPSA) is 50.4 Å². The monoisotopic (exact) mass is 254 g/mol. The number of halogens is 1. The minimum atomic E-state index is -0.413. The lowest BCUT2D eigenvalue weighted by molar-refractivity contribution is 0.238. The lowest BCUT2D eigenvalue weighted by atomic mass is 10.1. The highest BCUT2D eigenvalue weighted by Gasteiger charge is 2.11. The molecule has 1 rings (SSSR count). The lowest BCUT2D eigenvalue weighted by Crippen LogP contribution is -2.37. The van der Waals surface area contributed by atoms with E-state index in [1.165, 1.54) is 13.2 Å². The molecule has 0 fully saturated rings. The summed E-state index contributed by atoms with van der Waals surface area (Å²) >= 11 is 0. The Hall–Kier alpha value is -1.78. The van der Waals surface area contributed by atoms with E-state index in [9.17, 15) is 9.18 Å². The van der Waals surface area contributed by atoms with Gasteiger partial charge >= 0.3 is 6.03 Å². The van der Waals surface area contributed by atoms with E-state index in [4.69, 9.17) is 4.74 Å². The van der Waals surface area contributed by atoms with Crippen LogP contribution in [0.15, 0.2) is 18.2 Å². The number of ether oxygens (including phenoxy) is 1. The lowest BCUT2D eigenvalue weighted by Gasteiger charge is -2.15. The molecule has 0 radical (unpaired) electrons. The summed E-state index contributed by atoms with van der Waals surface area (Å²) in [6.07, 6.45) is 0.881. The predicted octanol–water partition coefficient (Wildman–Crippen LogP) is 2.60. The summed E-state index contributed by atoms with van der Waals surface area (Å²) in [5.74, 6) is -0.237. The van der Waals surface area contributed by atoms with Crippen LogP contribution < -0.4 is 15.4 Å². The second kappa shape index (κ2) is 6.83. The highest BCUT2D eigenvalue weighted by atomic mass is 19.1. The van der Waals surface area contributed by atoms with Crippen molar-refractivity contribution in [3.05, 3.63) is 29.6 Å². The third kappa shape index (κ3) is 3.91. The van der Waals surface area contributed by atoms with Crippen molar-refractivity contribution in [3.8, 4) is 5.75 Å². The highest BCUT2D eigenvalue weighted by Crippen LogP contribution is 2.22. The van der Waals surface area contributed by atoms with E-state index in [-0.39, 0.29) is 17.8 Å². The van der Waals surface area contributed by atoms with Crippen LogP contribution >= 0.6 is 0 Å². The number of urea groups is 1. The Labute approximate surface area is 107 Å². The summed E-state index contributed by atoms with van der Waals surface area (Å²) in [7, 11) is 1.41. The smallest absolute Gasteiger partial charge is 0.315 e. The minimum absolute atomic E-state index is 0.176. The largest absolute Gasteiger partial charge is 0.494 e. The standard InChI is InChI=1S/C13H19FN2O2/c1-4-7-15-13(17)16-9(2)10-5-6-11(14)12(8-10)18-3/h5-6,8-9H,4,7H2,1-3H3,(H2,15,16,17)/t9-/m1/s1. The second-order valence-corrected chi connectivity index (χ2v) is 4.02. The molecule has 1 atom stereocenters. The minimum Gasteiger partial charge on any atom is -0.494 e. The zero-order chi connectivity index (χ0) is 13.5. The molecule has 0 spiro atoms. The van der Waals surface area contributed by atoms with Crippen LogP contribution in [0.25, 0.3) is 0 Å². The van der Waals surface area contributed by atoms with Crippen molar-refractivity contribution in [2.45, 2.75) is 26.3 Å². The molecule has 0 saturated heterocycles. The maximum Gasteiger partial charge on any atom is 0.315 e. The molecule has 100 valence electrons. The molecule has 5 heteroatoms. The molecule has 0 saturated carbocycles. The van der Waals surface area contributed by atoms with Gasteiger partial charge in [0.1, 0.15) is 0 Å². The van der Waals surface area contributed by atoms with Crippen molar-refractivity contribution in [1.82, 2.24) is 10.6 Å². The molecular formula is C13H19FN2O2. The SMILES string of the molecule is CCCNC(=O)N[C@H](C)c1ccc(F)c(OC)c1. The van der Waals surface area contributed by atoms with Crippen molar-refractivity contribution in [2.75, 3.05) is 13.7 Å². The Bertz CT molecular complexity index is 410. The number of nitrogens with one attached hydrogen (secondary N) is 2. The average Bonchev–Trinajstić information content (AvgIpc) is 2.36. The molecule has 0 aliphatic rings. The van der Waals surface area contributed by atoms with Gasteiger partial charge in [0.05, 0.1) is 13.2 Å². The van der Waals surface area contributed by atoms with E-state index in [1.807, 2.05) is 13.8 Å². The molecule has 0 aliphatic carbocycles. The van der Waals surface area contributed by atoms with Crippen LogP contribution in [0.3, 0.4) is 0 Å². The van der Waals surface area contributed by atoms with Gasteiger partial charge in [-0.25, -0.2) is 9.18 Å². The van der Waals surface area contributed by atoms with E-state index in [0.29, 0.717) is 6.54 Å². The number of hydrogen-bond donors (Lipinski definition) is 2. The van der Waals surface area contributed by atoms with E-state index in [1.54, 1.807) is 12.1 Å². The first-order valence-electron chi connectivity index (χ1n) is 5.96. The summed E-state index contributed by atoms with van der Waals surface area (Å²) in [5, 5.41) is 5.49. The summed E-state index contributed by atoms with van der Waals surface area (Å²) in [5.41, 5.74) is 0.792. The molecule has 1 aromatic rings. The van der Waals surface area contributed by atoms with Gasteiger partial charge in [0.2, 0.25) is 0 Å². The normalized spacial score (nSPS) is 11.8. The molecule has 0 heterocycles. The van der Waals surface area contributed by atoms with Crippen LogP contribution in [0.2, 0.25) is 0 Å². The van der Waals surface area contributed by atoms with Gasteiger partial charge in [0.25, 0.3) is 0 Å². The number of benzene rings is 1. The molecule has 2 N–H and O–H groups in total. The zero-order valence-corrected chi connectivity index (χ0v) is 10.9. The summed E-state index contributed by atoms with van der Waals surface area (Å²) in [4.78, 5) is 11.5. The number of amides is 2. The number of carbonyl (C=O) groups excluding carboxylic acids is 1. The van der Waals surface area contributed by atoms with Gasteiger partial charge in [-0.3, -0.25) is 0 Å². The molecule has 0 aromatic heterocycles. The van der Waals surface area contributed by atoms with Crippen LogP contribution in [0.4, 0.5) is 9.18 Å². The van der Waals surface area contributed by atoms with Gasteiger partial charge in [0.15, 0.2) is 11.6 Å². The highest BCUT2D eigenvalue weighted by molar-refractivity contribution is 5.74. The van der Waals surface area contributed by atoms with Gasteiger partial charge in [-0.1, -0.05) is 13.0 Å². The van der Waals surface area contributed by atoms with Crippen LogP contribution in [0, 0.1) is 5.82 Å². The number of carbonyl (C=O) groups is 1. The molecule has 1 aromatic carbocycles. The third-order valence-electron chi connectivity index (χ3n) is 2.56. The fraction of sp³-hybridized carbons (Fsp3) is 0.462. The Balaban J connectivity index is 2.66. The molecule has 0 bridgehead atoms. The Morgan fingerprint density at radius 2 is 2.22 bits per heavy atom. The van der Waals surface area contributed by atoms with Gasteiger partial charge < -0.3 is 15.4 Å². The van der Waals surface area contributed by atoms with Gasteiger partial charge in [-0.15, -0.1) is 0 Å².